The number of carbonyl (C=O) groups is 1. The molecule has 1 aliphatic carbocycles. The SMILES string of the molecule is CC.Cc1cc(Nc2cnc(NC(=O)NC3CCCC(c4ccc(F)cc4)C3)cc2C=N)ccn1. The van der Waals surface area contributed by atoms with Gasteiger partial charge in [-0.2, -0.15) is 0 Å². The predicted octanol–water partition coefficient (Wildman–Crippen LogP) is 6.54. The van der Waals surface area contributed by atoms with E-state index in [1.165, 1.54) is 18.3 Å². The number of benzene rings is 1. The average Bonchev–Trinajstić information content (AvgIpc) is 2.87. The van der Waals surface area contributed by atoms with Crippen LogP contribution in [0.15, 0.2) is 54.9 Å². The first-order valence-corrected chi connectivity index (χ1v) is 12.0. The molecule has 1 aliphatic rings. The van der Waals surface area contributed by atoms with Crippen LogP contribution in [0.2, 0.25) is 0 Å². The van der Waals surface area contributed by atoms with Gasteiger partial charge in [-0.1, -0.05) is 32.4 Å². The summed E-state index contributed by atoms with van der Waals surface area (Å²) in [5, 5.41) is 16.8. The van der Waals surface area contributed by atoms with Crippen LogP contribution < -0.4 is 16.0 Å². The van der Waals surface area contributed by atoms with Gasteiger partial charge in [-0.15, -0.1) is 0 Å². The third kappa shape index (κ3) is 7.34. The topological polar surface area (TPSA) is 103 Å². The van der Waals surface area contributed by atoms with Crippen molar-refractivity contribution in [2.75, 3.05) is 10.6 Å². The van der Waals surface area contributed by atoms with Gasteiger partial charge in [0.15, 0.2) is 0 Å². The quantitative estimate of drug-likeness (QED) is 0.303. The highest BCUT2D eigenvalue weighted by Gasteiger charge is 2.24. The Morgan fingerprint density at radius 3 is 2.60 bits per heavy atom. The van der Waals surface area contributed by atoms with E-state index in [9.17, 15) is 9.18 Å². The molecule has 1 fully saturated rings. The van der Waals surface area contributed by atoms with E-state index in [2.05, 4.69) is 25.9 Å². The first-order valence-electron chi connectivity index (χ1n) is 12.0. The maximum absolute atomic E-state index is 13.2. The summed E-state index contributed by atoms with van der Waals surface area (Å²) < 4.78 is 13.2. The van der Waals surface area contributed by atoms with Crippen molar-refractivity contribution in [2.45, 2.75) is 58.4 Å². The lowest BCUT2D eigenvalue weighted by atomic mass is 9.81. The summed E-state index contributed by atoms with van der Waals surface area (Å²) in [5.41, 5.74) is 4.09. The number of halogens is 1. The van der Waals surface area contributed by atoms with Gasteiger partial charge in [0.2, 0.25) is 0 Å². The van der Waals surface area contributed by atoms with Crippen LogP contribution in [-0.2, 0) is 0 Å². The zero-order valence-electron chi connectivity index (χ0n) is 20.4. The van der Waals surface area contributed by atoms with E-state index in [0.29, 0.717) is 23.0 Å². The van der Waals surface area contributed by atoms with Crippen molar-refractivity contribution in [3.05, 3.63) is 77.5 Å². The van der Waals surface area contributed by atoms with Gasteiger partial charge in [0.25, 0.3) is 0 Å². The molecular weight excluding hydrogens is 443 g/mol. The van der Waals surface area contributed by atoms with E-state index in [0.717, 1.165) is 42.6 Å². The van der Waals surface area contributed by atoms with E-state index in [4.69, 9.17) is 5.41 Å². The Hall–Kier alpha value is -3.81. The maximum atomic E-state index is 13.2. The normalized spacial score (nSPS) is 16.9. The molecule has 8 heteroatoms. The minimum atomic E-state index is -0.325. The lowest BCUT2D eigenvalue weighted by Gasteiger charge is -2.30. The predicted molar refractivity (Wildman–Crippen MR) is 139 cm³/mol. The molecule has 0 saturated heterocycles. The Labute approximate surface area is 206 Å². The zero-order valence-corrected chi connectivity index (χ0v) is 20.4. The summed E-state index contributed by atoms with van der Waals surface area (Å²) in [5.74, 6) is 0.431. The van der Waals surface area contributed by atoms with Gasteiger partial charge in [-0.05, 0) is 68.0 Å². The molecule has 184 valence electrons. The number of hydrogen-bond acceptors (Lipinski definition) is 5. The van der Waals surface area contributed by atoms with E-state index < -0.39 is 0 Å². The van der Waals surface area contributed by atoms with Crippen LogP contribution in [0, 0.1) is 18.2 Å². The van der Waals surface area contributed by atoms with Gasteiger partial charge in [-0.3, -0.25) is 10.3 Å². The Balaban J connectivity index is 0.00000167. The molecule has 4 N–H and O–H groups in total. The molecule has 2 aromatic heterocycles. The van der Waals surface area contributed by atoms with E-state index in [1.807, 2.05) is 45.0 Å². The standard InChI is InChI=1S/C25H27FN6O.C2H6/c1-16-11-22(9-10-28-16)30-23-15-29-24(13-19(23)14-27)32-25(33)31-21-4-2-3-18(12-21)17-5-7-20(26)8-6-17;1-2/h5-11,13-15,18,21,27H,2-4,12H2,1H3,(H,28,30)(H2,29,31,32,33);1-2H3. The molecule has 1 saturated carbocycles. The molecule has 2 atom stereocenters. The number of aromatic nitrogens is 2. The van der Waals surface area contributed by atoms with Gasteiger partial charge in [-0.25, -0.2) is 14.2 Å². The number of nitrogens with zero attached hydrogens (tertiary/aromatic N) is 2. The molecule has 3 aromatic rings. The highest BCUT2D eigenvalue weighted by atomic mass is 19.1. The molecule has 0 bridgehead atoms. The van der Waals surface area contributed by atoms with Gasteiger partial charge in [0.1, 0.15) is 11.6 Å². The lowest BCUT2D eigenvalue weighted by Crippen LogP contribution is -2.40. The summed E-state index contributed by atoms with van der Waals surface area (Å²) in [6.45, 7) is 5.90. The van der Waals surface area contributed by atoms with E-state index in [1.54, 1.807) is 18.5 Å². The van der Waals surface area contributed by atoms with Gasteiger partial charge < -0.3 is 16.0 Å². The van der Waals surface area contributed by atoms with Gasteiger partial charge in [0.05, 0.1) is 11.9 Å². The molecule has 2 amide bonds. The van der Waals surface area contributed by atoms with E-state index in [-0.39, 0.29) is 17.9 Å². The highest BCUT2D eigenvalue weighted by molar-refractivity contribution is 5.92. The van der Waals surface area contributed by atoms with Crippen molar-refractivity contribution in [2.24, 2.45) is 0 Å². The van der Waals surface area contributed by atoms with Crippen LogP contribution in [-0.4, -0.2) is 28.3 Å². The Bertz CT molecular complexity index is 1130. The second kappa shape index (κ2) is 12.6. The number of amides is 2. The van der Waals surface area contributed by atoms with Crippen LogP contribution in [0.1, 0.15) is 62.3 Å². The van der Waals surface area contributed by atoms with Gasteiger partial charge in [0, 0.05) is 35.4 Å². The van der Waals surface area contributed by atoms with Crippen molar-refractivity contribution in [3.63, 3.8) is 0 Å². The van der Waals surface area contributed by atoms with Crippen LogP contribution in [0.25, 0.3) is 0 Å². The Morgan fingerprint density at radius 1 is 1.11 bits per heavy atom. The van der Waals surface area contributed by atoms with Crippen LogP contribution in [0.4, 0.5) is 26.4 Å². The largest absolute Gasteiger partial charge is 0.354 e. The first kappa shape index (κ1) is 25.8. The molecular formula is C27H33FN6O. The summed E-state index contributed by atoms with van der Waals surface area (Å²) in [7, 11) is 0. The molecule has 0 spiro atoms. The molecule has 0 radical (unpaired) electrons. The fourth-order valence-electron chi connectivity index (χ4n) is 4.24. The number of aryl methyl sites for hydroxylation is 1. The van der Waals surface area contributed by atoms with Crippen molar-refractivity contribution in [3.8, 4) is 0 Å². The van der Waals surface area contributed by atoms with Crippen molar-refractivity contribution < 1.29 is 9.18 Å². The molecule has 1 aromatic carbocycles. The number of anilines is 3. The monoisotopic (exact) mass is 476 g/mol. The summed E-state index contributed by atoms with van der Waals surface area (Å²) >= 11 is 0. The molecule has 35 heavy (non-hydrogen) atoms. The van der Waals surface area contributed by atoms with Gasteiger partial charge >= 0.3 is 6.03 Å². The smallest absolute Gasteiger partial charge is 0.320 e. The van der Waals surface area contributed by atoms with Crippen LogP contribution in [0.5, 0.6) is 0 Å². The number of hydrogen-bond donors (Lipinski definition) is 4. The minimum absolute atomic E-state index is 0.0341. The lowest BCUT2D eigenvalue weighted by molar-refractivity contribution is 0.242. The number of nitrogens with one attached hydrogen (secondary N) is 4. The van der Waals surface area contributed by atoms with Crippen molar-refractivity contribution in [1.29, 1.82) is 5.41 Å². The number of pyridine rings is 2. The number of rotatable bonds is 6. The van der Waals surface area contributed by atoms with Crippen molar-refractivity contribution >= 4 is 29.4 Å². The Kier molecular flexibility index (Phi) is 9.29. The fourth-order valence-corrected chi connectivity index (χ4v) is 4.24. The van der Waals surface area contributed by atoms with Crippen molar-refractivity contribution in [1.82, 2.24) is 15.3 Å². The van der Waals surface area contributed by atoms with Crippen LogP contribution in [0.3, 0.4) is 0 Å². The third-order valence-electron chi connectivity index (χ3n) is 5.86. The molecule has 7 nitrogen and oxygen atoms in total. The molecule has 4 rings (SSSR count). The first-order chi connectivity index (χ1) is 17.0. The Morgan fingerprint density at radius 2 is 1.89 bits per heavy atom. The average molecular weight is 477 g/mol. The zero-order chi connectivity index (χ0) is 25.2. The number of urea groups is 1. The molecule has 2 heterocycles. The number of carbonyl (C=O) groups excluding carboxylic acids is 1. The minimum Gasteiger partial charge on any atom is -0.354 e. The maximum Gasteiger partial charge on any atom is 0.320 e. The molecule has 0 aliphatic heterocycles. The second-order valence-electron chi connectivity index (χ2n) is 8.32. The molecule has 2 unspecified atom stereocenters. The summed E-state index contributed by atoms with van der Waals surface area (Å²) in [6, 6.07) is 11.7. The van der Waals surface area contributed by atoms with E-state index >= 15 is 0 Å². The third-order valence-corrected chi connectivity index (χ3v) is 5.86. The summed E-state index contributed by atoms with van der Waals surface area (Å²) in [4.78, 5) is 21.1. The van der Waals surface area contributed by atoms with Crippen LogP contribution >= 0.6 is 0 Å². The second-order valence-corrected chi connectivity index (χ2v) is 8.32. The fraction of sp³-hybridized carbons (Fsp3) is 0.333. The summed E-state index contributed by atoms with van der Waals surface area (Å²) in [6.07, 6.45) is 8.26. The highest BCUT2D eigenvalue weighted by Crippen LogP contribution is 2.33.